The molecule has 2 aromatic rings. The Morgan fingerprint density at radius 3 is 2.80 bits per heavy atom. The highest BCUT2D eigenvalue weighted by molar-refractivity contribution is 9.10. The van der Waals surface area contributed by atoms with Gasteiger partial charge in [-0.15, -0.1) is 0 Å². The number of benzene rings is 1. The second-order valence-corrected chi connectivity index (χ2v) is 4.74. The van der Waals surface area contributed by atoms with Gasteiger partial charge in [-0.2, -0.15) is 0 Å². The average Bonchev–Trinajstić information content (AvgIpc) is 2.81. The summed E-state index contributed by atoms with van der Waals surface area (Å²) in [5, 5.41) is 9.31. The molecule has 2 amide bonds. The van der Waals surface area contributed by atoms with E-state index in [2.05, 4.69) is 41.2 Å². The van der Waals surface area contributed by atoms with Crippen molar-refractivity contribution in [2.45, 2.75) is 6.92 Å². The molecule has 1 aromatic carbocycles. The summed E-state index contributed by atoms with van der Waals surface area (Å²) < 4.78 is 5.41. The van der Waals surface area contributed by atoms with Gasteiger partial charge >= 0.3 is 6.03 Å². The van der Waals surface area contributed by atoms with Gasteiger partial charge in [0, 0.05) is 4.47 Å². The van der Waals surface area contributed by atoms with Crippen molar-refractivity contribution < 1.29 is 9.42 Å². The van der Waals surface area contributed by atoms with Crippen LogP contribution in [0, 0.1) is 6.92 Å². The van der Waals surface area contributed by atoms with Crippen LogP contribution in [0.5, 0.6) is 0 Å². The lowest BCUT2D eigenvalue weighted by molar-refractivity contribution is 0.259. The molecule has 0 saturated carbocycles. The van der Waals surface area contributed by atoms with E-state index >= 15 is 0 Å². The topological polar surface area (TPSA) is 132 Å². The van der Waals surface area contributed by atoms with Gasteiger partial charge in [-0.3, -0.25) is 5.32 Å². The molecule has 9 heteroatoms. The van der Waals surface area contributed by atoms with E-state index in [4.69, 9.17) is 11.5 Å². The first kappa shape index (κ1) is 14.0. The fraction of sp³-hybridized carbons (Fsp3) is 0.0909. The molecule has 0 radical (unpaired) electrons. The fourth-order valence-electron chi connectivity index (χ4n) is 1.40. The zero-order chi connectivity index (χ0) is 14.7. The lowest BCUT2D eigenvalue weighted by Crippen LogP contribution is -2.23. The van der Waals surface area contributed by atoms with Crippen molar-refractivity contribution >= 4 is 39.3 Å². The molecular weight excluding hydrogens is 328 g/mol. The van der Waals surface area contributed by atoms with Crippen LogP contribution < -0.4 is 16.8 Å². The number of primary amides is 1. The Labute approximate surface area is 122 Å². The Balaban J connectivity index is 2.32. The van der Waals surface area contributed by atoms with Gasteiger partial charge in [0.15, 0.2) is 11.5 Å². The summed E-state index contributed by atoms with van der Waals surface area (Å²) in [4.78, 5) is 15.0. The number of amides is 2. The van der Waals surface area contributed by atoms with E-state index < -0.39 is 6.03 Å². The van der Waals surface area contributed by atoms with Crippen LogP contribution in [0.4, 0.5) is 16.3 Å². The van der Waals surface area contributed by atoms with Crippen molar-refractivity contribution in [1.29, 1.82) is 0 Å². The number of carbonyl (C=O) groups excluding carboxylic acids is 1. The summed E-state index contributed by atoms with van der Waals surface area (Å²) in [7, 11) is 0. The Hall–Kier alpha value is -2.42. The molecule has 0 saturated heterocycles. The van der Waals surface area contributed by atoms with Crippen LogP contribution in [0.3, 0.4) is 0 Å². The third-order valence-electron chi connectivity index (χ3n) is 2.38. The van der Waals surface area contributed by atoms with Gasteiger partial charge in [0.25, 0.3) is 0 Å². The Morgan fingerprint density at radius 1 is 1.40 bits per heavy atom. The van der Waals surface area contributed by atoms with Gasteiger partial charge in [0.1, 0.15) is 0 Å². The number of rotatable bonds is 3. The highest BCUT2D eigenvalue weighted by Crippen LogP contribution is 2.23. The van der Waals surface area contributed by atoms with E-state index in [1.807, 2.05) is 13.0 Å². The van der Waals surface area contributed by atoms with Gasteiger partial charge in [0.05, 0.1) is 5.69 Å². The number of aliphatic imine (C=N–C) groups is 1. The predicted octanol–water partition coefficient (Wildman–Crippen LogP) is 1.67. The number of aromatic nitrogens is 2. The van der Waals surface area contributed by atoms with Crippen LogP contribution in [0.2, 0.25) is 0 Å². The standard InChI is InChI=1S/C11H11BrN6O2/c1-5-2-3-6(4-7(5)12)15-9(13)8-10(16-11(14)19)18-20-17-8/h2-4H,1H3,(H2,13,15)(H3,14,16,18,19). The molecule has 104 valence electrons. The van der Waals surface area contributed by atoms with E-state index in [0.717, 1.165) is 10.0 Å². The maximum absolute atomic E-state index is 10.8. The number of aryl methyl sites for hydroxylation is 1. The summed E-state index contributed by atoms with van der Waals surface area (Å²) >= 11 is 3.40. The van der Waals surface area contributed by atoms with Crippen LogP contribution in [0.25, 0.3) is 0 Å². The lowest BCUT2D eigenvalue weighted by Gasteiger charge is -2.02. The normalized spacial score (nSPS) is 11.4. The summed E-state index contributed by atoms with van der Waals surface area (Å²) in [6.07, 6.45) is 0. The molecule has 0 aliphatic carbocycles. The summed E-state index contributed by atoms with van der Waals surface area (Å²) in [6, 6.07) is 4.69. The maximum atomic E-state index is 10.8. The zero-order valence-corrected chi connectivity index (χ0v) is 12.0. The van der Waals surface area contributed by atoms with E-state index in [9.17, 15) is 4.79 Å². The first-order valence-electron chi connectivity index (χ1n) is 5.47. The zero-order valence-electron chi connectivity index (χ0n) is 10.4. The minimum atomic E-state index is -0.798. The Bertz CT molecular complexity index is 681. The number of anilines is 1. The number of nitrogens with one attached hydrogen (secondary N) is 1. The molecule has 0 aliphatic heterocycles. The van der Waals surface area contributed by atoms with Crippen molar-refractivity contribution in [1.82, 2.24) is 10.3 Å². The second kappa shape index (κ2) is 5.70. The number of hydrogen-bond donors (Lipinski definition) is 3. The van der Waals surface area contributed by atoms with Crippen LogP contribution in [0.1, 0.15) is 11.3 Å². The molecule has 8 nitrogen and oxygen atoms in total. The van der Waals surface area contributed by atoms with Crippen molar-refractivity contribution in [3.05, 3.63) is 33.9 Å². The highest BCUT2D eigenvalue weighted by atomic mass is 79.9. The quantitative estimate of drug-likeness (QED) is 0.578. The SMILES string of the molecule is Cc1ccc(N=C(N)c2nonc2NC(N)=O)cc1Br. The minimum Gasteiger partial charge on any atom is -0.382 e. The molecule has 0 atom stereocenters. The number of halogens is 1. The van der Waals surface area contributed by atoms with Crippen LogP contribution in [-0.4, -0.2) is 22.2 Å². The predicted molar refractivity (Wildman–Crippen MR) is 76.8 cm³/mol. The van der Waals surface area contributed by atoms with Crippen molar-refractivity contribution in [3.63, 3.8) is 0 Å². The van der Waals surface area contributed by atoms with Crippen molar-refractivity contribution in [2.75, 3.05) is 5.32 Å². The average molecular weight is 339 g/mol. The van der Waals surface area contributed by atoms with Crippen LogP contribution >= 0.6 is 15.9 Å². The second-order valence-electron chi connectivity index (χ2n) is 3.88. The molecular formula is C11H11BrN6O2. The van der Waals surface area contributed by atoms with E-state index in [-0.39, 0.29) is 17.3 Å². The van der Waals surface area contributed by atoms with Gasteiger partial charge < -0.3 is 11.5 Å². The number of amidine groups is 1. The Kier molecular flexibility index (Phi) is 3.99. The lowest BCUT2D eigenvalue weighted by atomic mass is 10.2. The van der Waals surface area contributed by atoms with Crippen LogP contribution in [-0.2, 0) is 0 Å². The fourth-order valence-corrected chi connectivity index (χ4v) is 1.77. The molecule has 0 bridgehead atoms. The molecule has 2 rings (SSSR count). The molecule has 1 heterocycles. The molecule has 1 aromatic heterocycles. The third-order valence-corrected chi connectivity index (χ3v) is 3.23. The van der Waals surface area contributed by atoms with Crippen molar-refractivity contribution in [2.24, 2.45) is 16.5 Å². The summed E-state index contributed by atoms with van der Waals surface area (Å²) in [6.45, 7) is 1.96. The number of nitrogens with two attached hydrogens (primary N) is 2. The van der Waals surface area contributed by atoms with Gasteiger partial charge in [-0.1, -0.05) is 22.0 Å². The molecule has 5 N–H and O–H groups in total. The third kappa shape index (κ3) is 3.12. The van der Waals surface area contributed by atoms with E-state index in [1.54, 1.807) is 12.1 Å². The molecule has 0 fully saturated rings. The smallest absolute Gasteiger partial charge is 0.317 e. The van der Waals surface area contributed by atoms with Crippen LogP contribution in [0.15, 0.2) is 32.3 Å². The van der Waals surface area contributed by atoms with Gasteiger partial charge in [-0.05, 0) is 34.9 Å². The van der Waals surface area contributed by atoms with E-state index in [0.29, 0.717) is 5.69 Å². The number of carbonyl (C=O) groups is 1. The maximum Gasteiger partial charge on any atom is 0.317 e. The molecule has 0 unspecified atom stereocenters. The molecule has 0 spiro atoms. The first-order valence-corrected chi connectivity index (χ1v) is 6.26. The van der Waals surface area contributed by atoms with E-state index in [1.165, 1.54) is 0 Å². The summed E-state index contributed by atoms with van der Waals surface area (Å²) in [5.41, 5.74) is 12.6. The largest absolute Gasteiger partial charge is 0.382 e. The van der Waals surface area contributed by atoms with Gasteiger partial charge in [0.2, 0.25) is 5.82 Å². The highest BCUT2D eigenvalue weighted by Gasteiger charge is 2.15. The number of urea groups is 1. The first-order chi connectivity index (χ1) is 9.47. The minimum absolute atomic E-state index is 0.0185. The number of nitrogens with zero attached hydrogens (tertiary/aromatic N) is 3. The monoisotopic (exact) mass is 338 g/mol. The van der Waals surface area contributed by atoms with Gasteiger partial charge in [-0.25, -0.2) is 14.4 Å². The number of hydrogen-bond acceptors (Lipinski definition) is 5. The Morgan fingerprint density at radius 2 is 2.15 bits per heavy atom. The molecule has 0 aliphatic rings. The van der Waals surface area contributed by atoms with Crippen molar-refractivity contribution in [3.8, 4) is 0 Å². The summed E-state index contributed by atoms with van der Waals surface area (Å²) in [5.74, 6) is 0.0654. The molecule has 20 heavy (non-hydrogen) atoms.